The van der Waals surface area contributed by atoms with E-state index in [1.165, 1.54) is 10.8 Å². The number of ketones is 1. The van der Waals surface area contributed by atoms with Gasteiger partial charge in [0, 0.05) is 53.9 Å². The third-order valence-electron chi connectivity index (χ3n) is 4.89. The number of anilines is 1. The number of carbonyl (C=O) groups is 1. The van der Waals surface area contributed by atoms with Crippen molar-refractivity contribution < 1.29 is 4.79 Å². The Labute approximate surface area is 173 Å². The van der Waals surface area contributed by atoms with Gasteiger partial charge < -0.3 is 10.3 Å². The second-order valence-electron chi connectivity index (χ2n) is 7.42. The van der Waals surface area contributed by atoms with E-state index in [0.717, 1.165) is 5.39 Å². The fourth-order valence-electron chi connectivity index (χ4n) is 3.35. The van der Waals surface area contributed by atoms with Crippen molar-refractivity contribution in [2.75, 3.05) is 5.32 Å². The summed E-state index contributed by atoms with van der Waals surface area (Å²) in [6, 6.07) is 7.18. The summed E-state index contributed by atoms with van der Waals surface area (Å²) in [6.07, 6.45) is 4.85. The number of H-pyrrole nitrogens is 1. The molecular weight excluding hydrogens is 380 g/mol. The van der Waals surface area contributed by atoms with Crippen LogP contribution in [0, 0.1) is 6.92 Å². The maximum absolute atomic E-state index is 13.1. The zero-order valence-electron chi connectivity index (χ0n) is 17.2. The van der Waals surface area contributed by atoms with Crippen molar-refractivity contribution in [3.63, 3.8) is 0 Å². The Morgan fingerprint density at radius 3 is 2.70 bits per heavy atom. The van der Waals surface area contributed by atoms with E-state index in [9.17, 15) is 9.59 Å². The molecule has 0 aromatic carbocycles. The number of nitrogens with one attached hydrogen (secondary N) is 2. The summed E-state index contributed by atoms with van der Waals surface area (Å²) in [5.74, 6) is 0.350. The van der Waals surface area contributed by atoms with Gasteiger partial charge in [0.05, 0.1) is 11.3 Å². The second-order valence-corrected chi connectivity index (χ2v) is 7.42. The van der Waals surface area contributed by atoms with E-state index in [1.807, 2.05) is 19.9 Å². The topological polar surface area (TPSA) is 106 Å². The van der Waals surface area contributed by atoms with E-state index in [4.69, 9.17) is 0 Å². The van der Waals surface area contributed by atoms with Crippen LogP contribution in [0.2, 0.25) is 0 Å². The lowest BCUT2D eigenvalue weighted by Gasteiger charge is -2.13. The van der Waals surface area contributed by atoms with Crippen molar-refractivity contribution in [1.82, 2.24) is 24.5 Å². The minimum atomic E-state index is -0.207. The van der Waals surface area contributed by atoms with E-state index in [-0.39, 0.29) is 17.4 Å². The van der Waals surface area contributed by atoms with Crippen LogP contribution in [0.25, 0.3) is 22.3 Å². The maximum atomic E-state index is 13.1. The predicted octanol–water partition coefficient (Wildman–Crippen LogP) is 3.08. The molecular formula is C22H22N6O2. The predicted molar refractivity (Wildman–Crippen MR) is 116 cm³/mol. The lowest BCUT2D eigenvalue weighted by molar-refractivity contribution is 0.103. The fourth-order valence-corrected chi connectivity index (χ4v) is 3.35. The fraction of sp³-hybridized carbons (Fsp3) is 0.227. The quantitative estimate of drug-likeness (QED) is 0.497. The molecule has 152 valence electrons. The monoisotopic (exact) mass is 402 g/mol. The van der Waals surface area contributed by atoms with Crippen molar-refractivity contribution in [3.05, 3.63) is 70.0 Å². The van der Waals surface area contributed by atoms with Crippen LogP contribution in [0.4, 0.5) is 5.95 Å². The molecule has 0 atom stereocenters. The molecule has 0 aliphatic heterocycles. The second kappa shape index (κ2) is 7.55. The Morgan fingerprint density at radius 2 is 1.97 bits per heavy atom. The first-order chi connectivity index (χ1) is 14.4. The van der Waals surface area contributed by atoms with E-state index < -0.39 is 0 Å². The highest BCUT2D eigenvalue weighted by Crippen LogP contribution is 2.22. The SMILES string of the molecule is Cc1nc(-c2cnc(NC(C)C)n(C)c2=O)ccc1C(=O)c1c[nH]c2ncccc12. The van der Waals surface area contributed by atoms with Gasteiger partial charge in [-0.3, -0.25) is 19.1 Å². The number of fused-ring (bicyclic) bond motifs is 1. The number of aromatic amines is 1. The molecule has 0 amide bonds. The largest absolute Gasteiger partial charge is 0.353 e. The molecule has 4 heterocycles. The molecule has 0 saturated heterocycles. The average Bonchev–Trinajstić information content (AvgIpc) is 3.15. The standard InChI is InChI=1S/C22H22N6O2/c1-12(2)26-22-25-11-17(21(30)28(22)4)18-8-7-14(13(3)27-18)19(29)16-10-24-20-15(16)6-5-9-23-20/h5-12H,1-4H3,(H,23,24)(H,25,26). The third-order valence-corrected chi connectivity index (χ3v) is 4.89. The molecule has 8 heteroatoms. The van der Waals surface area contributed by atoms with Gasteiger partial charge in [0.2, 0.25) is 5.95 Å². The summed E-state index contributed by atoms with van der Waals surface area (Å²) >= 11 is 0. The average molecular weight is 402 g/mol. The summed E-state index contributed by atoms with van der Waals surface area (Å²) in [5.41, 5.74) is 2.87. The van der Waals surface area contributed by atoms with Gasteiger partial charge in [-0.05, 0) is 45.0 Å². The van der Waals surface area contributed by atoms with Crippen LogP contribution in [0.3, 0.4) is 0 Å². The highest BCUT2D eigenvalue weighted by molar-refractivity contribution is 6.16. The van der Waals surface area contributed by atoms with E-state index in [1.54, 1.807) is 44.6 Å². The Balaban J connectivity index is 1.71. The third kappa shape index (κ3) is 3.36. The lowest BCUT2D eigenvalue weighted by atomic mass is 10.0. The smallest absolute Gasteiger partial charge is 0.264 e. The molecule has 8 nitrogen and oxygen atoms in total. The normalized spacial score (nSPS) is 11.2. The van der Waals surface area contributed by atoms with Crippen molar-refractivity contribution in [2.45, 2.75) is 26.8 Å². The molecule has 30 heavy (non-hydrogen) atoms. The molecule has 0 bridgehead atoms. The van der Waals surface area contributed by atoms with Gasteiger partial charge in [-0.15, -0.1) is 0 Å². The molecule has 0 saturated carbocycles. The van der Waals surface area contributed by atoms with Crippen LogP contribution in [0.5, 0.6) is 0 Å². The van der Waals surface area contributed by atoms with Crippen LogP contribution in [-0.4, -0.2) is 36.3 Å². The zero-order chi connectivity index (χ0) is 21.4. The zero-order valence-corrected chi connectivity index (χ0v) is 17.2. The maximum Gasteiger partial charge on any atom is 0.264 e. The molecule has 0 aliphatic carbocycles. The number of pyridine rings is 2. The molecule has 0 spiro atoms. The first-order valence-electron chi connectivity index (χ1n) is 9.64. The molecule has 0 aliphatic rings. The van der Waals surface area contributed by atoms with Crippen LogP contribution in [0.15, 0.2) is 47.7 Å². The number of nitrogens with zero attached hydrogens (tertiary/aromatic N) is 4. The number of carbonyl (C=O) groups excluding carboxylic acids is 1. The molecule has 0 fully saturated rings. The molecule has 4 aromatic rings. The van der Waals surface area contributed by atoms with Gasteiger partial charge in [-0.1, -0.05) is 0 Å². The number of hydrogen-bond acceptors (Lipinski definition) is 6. The highest BCUT2D eigenvalue weighted by atomic mass is 16.1. The summed E-state index contributed by atoms with van der Waals surface area (Å²) in [7, 11) is 1.67. The van der Waals surface area contributed by atoms with Crippen LogP contribution < -0.4 is 10.9 Å². The molecule has 0 radical (unpaired) electrons. The Morgan fingerprint density at radius 1 is 1.17 bits per heavy atom. The molecule has 0 unspecified atom stereocenters. The summed E-state index contributed by atoms with van der Waals surface area (Å²) < 4.78 is 1.46. The van der Waals surface area contributed by atoms with Crippen molar-refractivity contribution in [3.8, 4) is 11.3 Å². The van der Waals surface area contributed by atoms with Gasteiger partial charge in [-0.25, -0.2) is 9.97 Å². The van der Waals surface area contributed by atoms with Crippen molar-refractivity contribution >= 4 is 22.8 Å². The van der Waals surface area contributed by atoms with Gasteiger partial charge in [-0.2, -0.15) is 0 Å². The van der Waals surface area contributed by atoms with Gasteiger partial charge >= 0.3 is 0 Å². The number of aryl methyl sites for hydroxylation is 1. The lowest BCUT2D eigenvalue weighted by Crippen LogP contribution is -2.26. The van der Waals surface area contributed by atoms with Crippen molar-refractivity contribution in [1.29, 1.82) is 0 Å². The summed E-state index contributed by atoms with van der Waals surface area (Å²) in [5, 5.41) is 3.90. The van der Waals surface area contributed by atoms with E-state index >= 15 is 0 Å². The van der Waals surface area contributed by atoms with E-state index in [0.29, 0.717) is 39.7 Å². The first-order valence-corrected chi connectivity index (χ1v) is 9.64. The Hall–Kier alpha value is -3.81. The highest BCUT2D eigenvalue weighted by Gasteiger charge is 2.19. The minimum absolute atomic E-state index is 0.145. The Kier molecular flexibility index (Phi) is 4.91. The summed E-state index contributed by atoms with van der Waals surface area (Å²) in [4.78, 5) is 42.0. The van der Waals surface area contributed by atoms with Crippen LogP contribution in [-0.2, 0) is 7.05 Å². The van der Waals surface area contributed by atoms with E-state index in [2.05, 4.69) is 25.3 Å². The molecule has 4 rings (SSSR count). The summed E-state index contributed by atoms with van der Waals surface area (Å²) in [6.45, 7) is 5.71. The van der Waals surface area contributed by atoms with Crippen LogP contribution in [0.1, 0.15) is 35.5 Å². The van der Waals surface area contributed by atoms with Gasteiger partial charge in [0.1, 0.15) is 5.65 Å². The number of rotatable bonds is 5. The minimum Gasteiger partial charge on any atom is -0.353 e. The molecule has 4 aromatic heterocycles. The number of hydrogen-bond donors (Lipinski definition) is 2. The van der Waals surface area contributed by atoms with Crippen molar-refractivity contribution in [2.24, 2.45) is 7.05 Å². The number of aromatic nitrogens is 5. The first kappa shape index (κ1) is 19.5. The van der Waals surface area contributed by atoms with Gasteiger partial charge in [0.15, 0.2) is 5.78 Å². The van der Waals surface area contributed by atoms with Crippen LogP contribution >= 0.6 is 0 Å². The van der Waals surface area contributed by atoms with Gasteiger partial charge in [0.25, 0.3) is 5.56 Å². The molecule has 2 N–H and O–H groups in total. The Bertz CT molecular complexity index is 1320.